The number of nitrogens with zero attached hydrogens (tertiary/aromatic N) is 1. The lowest BCUT2D eigenvalue weighted by Gasteiger charge is -2.20. The van der Waals surface area contributed by atoms with Crippen LogP contribution in [0, 0.1) is 5.41 Å². The van der Waals surface area contributed by atoms with Gasteiger partial charge >= 0.3 is 11.9 Å². The molecule has 0 aromatic rings. The zero-order valence-corrected chi connectivity index (χ0v) is 9.87. The highest BCUT2D eigenvalue weighted by Gasteiger charge is 2.33. The minimum Gasteiger partial charge on any atom is -0.392 e. The van der Waals surface area contributed by atoms with E-state index in [1.54, 1.807) is 20.8 Å². The number of hydrogen-bond donors (Lipinski definition) is 0. The van der Waals surface area contributed by atoms with Gasteiger partial charge in [0.05, 0.1) is 5.41 Å². The van der Waals surface area contributed by atoms with E-state index >= 15 is 0 Å². The Morgan fingerprint density at radius 2 is 1.93 bits per heavy atom. The molecule has 1 aliphatic heterocycles. The summed E-state index contributed by atoms with van der Waals surface area (Å²) in [4.78, 5) is 25.0. The van der Waals surface area contributed by atoms with Crippen LogP contribution in [-0.2, 0) is 14.3 Å². The molecule has 0 aliphatic carbocycles. The standard InChI is InChI=1S/C11H19NO3/c1-11(2,3)10(14)15-9(13)8-6-5-7-12(8)4/h8H,5-7H2,1-4H3/t8-/m0/s1. The highest BCUT2D eigenvalue weighted by molar-refractivity contribution is 5.90. The number of esters is 2. The monoisotopic (exact) mass is 213 g/mol. The minimum atomic E-state index is -0.618. The Bertz CT molecular complexity index is 267. The van der Waals surface area contributed by atoms with Crippen molar-refractivity contribution in [2.75, 3.05) is 13.6 Å². The number of rotatable bonds is 1. The van der Waals surface area contributed by atoms with Gasteiger partial charge < -0.3 is 4.74 Å². The van der Waals surface area contributed by atoms with Gasteiger partial charge in [-0.1, -0.05) is 0 Å². The summed E-state index contributed by atoms with van der Waals surface area (Å²) >= 11 is 0. The number of likely N-dealkylation sites (N-methyl/N-ethyl adjacent to an activating group) is 1. The Hall–Kier alpha value is -0.900. The lowest BCUT2D eigenvalue weighted by molar-refractivity contribution is -0.168. The largest absolute Gasteiger partial charge is 0.392 e. The van der Waals surface area contributed by atoms with Crippen LogP contribution in [0.5, 0.6) is 0 Å². The SMILES string of the molecule is CN1CCC[C@H]1C(=O)OC(=O)C(C)(C)C. The van der Waals surface area contributed by atoms with Crippen LogP contribution in [0.4, 0.5) is 0 Å². The first-order chi connectivity index (χ1) is 6.82. The van der Waals surface area contributed by atoms with Crippen molar-refractivity contribution in [3.63, 3.8) is 0 Å². The van der Waals surface area contributed by atoms with E-state index in [4.69, 9.17) is 4.74 Å². The van der Waals surface area contributed by atoms with Crippen LogP contribution >= 0.6 is 0 Å². The van der Waals surface area contributed by atoms with Crippen LogP contribution in [0.2, 0.25) is 0 Å². The highest BCUT2D eigenvalue weighted by atomic mass is 16.6. The van der Waals surface area contributed by atoms with Gasteiger partial charge in [0.25, 0.3) is 0 Å². The van der Waals surface area contributed by atoms with Crippen LogP contribution in [-0.4, -0.2) is 36.5 Å². The summed E-state index contributed by atoms with van der Waals surface area (Å²) in [6.45, 7) is 6.10. The summed E-state index contributed by atoms with van der Waals surface area (Å²) < 4.78 is 4.85. The molecule has 0 unspecified atom stereocenters. The van der Waals surface area contributed by atoms with Gasteiger partial charge in [-0.15, -0.1) is 0 Å². The summed E-state index contributed by atoms with van der Waals surface area (Å²) in [7, 11) is 1.88. The molecule has 0 N–H and O–H groups in total. The number of carbonyl (C=O) groups excluding carboxylic acids is 2. The van der Waals surface area contributed by atoms with E-state index in [0.717, 1.165) is 19.4 Å². The van der Waals surface area contributed by atoms with Gasteiger partial charge in [-0.25, -0.2) is 4.79 Å². The van der Waals surface area contributed by atoms with E-state index in [1.807, 2.05) is 11.9 Å². The first-order valence-electron chi connectivity index (χ1n) is 5.29. The Kier molecular flexibility index (Phi) is 3.50. The van der Waals surface area contributed by atoms with Crippen LogP contribution in [0.3, 0.4) is 0 Å². The van der Waals surface area contributed by atoms with Gasteiger partial charge in [-0.05, 0) is 47.2 Å². The van der Waals surface area contributed by atoms with Crippen molar-refractivity contribution in [3.8, 4) is 0 Å². The maximum absolute atomic E-state index is 11.6. The summed E-state index contributed by atoms with van der Waals surface area (Å²) in [5.74, 6) is -0.859. The van der Waals surface area contributed by atoms with Crippen molar-refractivity contribution >= 4 is 11.9 Å². The molecule has 0 spiro atoms. The molecule has 86 valence electrons. The Morgan fingerprint density at radius 3 is 2.33 bits per heavy atom. The van der Waals surface area contributed by atoms with Gasteiger partial charge in [-0.3, -0.25) is 9.69 Å². The van der Waals surface area contributed by atoms with Crippen LogP contribution in [0.15, 0.2) is 0 Å². The van der Waals surface area contributed by atoms with E-state index in [1.165, 1.54) is 0 Å². The molecule has 0 amide bonds. The van der Waals surface area contributed by atoms with Gasteiger partial charge in [0, 0.05) is 0 Å². The predicted octanol–water partition coefficient (Wildman–Crippen LogP) is 1.20. The van der Waals surface area contributed by atoms with Gasteiger partial charge in [0.2, 0.25) is 0 Å². The van der Waals surface area contributed by atoms with E-state index in [2.05, 4.69) is 0 Å². The molecule has 0 bridgehead atoms. The minimum absolute atomic E-state index is 0.240. The van der Waals surface area contributed by atoms with Crippen molar-refractivity contribution in [3.05, 3.63) is 0 Å². The zero-order valence-electron chi connectivity index (χ0n) is 9.87. The van der Waals surface area contributed by atoms with Crippen LogP contribution in [0.1, 0.15) is 33.6 Å². The molecule has 1 saturated heterocycles. The predicted molar refractivity (Wildman–Crippen MR) is 56.2 cm³/mol. The third-order valence-electron chi connectivity index (χ3n) is 2.60. The lowest BCUT2D eigenvalue weighted by Crippen LogP contribution is -2.37. The van der Waals surface area contributed by atoms with Crippen molar-refractivity contribution in [2.45, 2.75) is 39.7 Å². The molecular weight excluding hydrogens is 194 g/mol. The highest BCUT2D eigenvalue weighted by Crippen LogP contribution is 2.19. The Labute approximate surface area is 90.6 Å². The Morgan fingerprint density at radius 1 is 1.33 bits per heavy atom. The third-order valence-corrected chi connectivity index (χ3v) is 2.60. The molecule has 1 atom stereocenters. The third kappa shape index (κ3) is 3.02. The van der Waals surface area contributed by atoms with Crippen molar-refractivity contribution in [2.24, 2.45) is 5.41 Å². The van der Waals surface area contributed by atoms with E-state index in [-0.39, 0.29) is 6.04 Å². The van der Waals surface area contributed by atoms with Crippen molar-refractivity contribution in [1.82, 2.24) is 4.90 Å². The fourth-order valence-electron chi connectivity index (χ4n) is 1.52. The van der Waals surface area contributed by atoms with Crippen LogP contribution < -0.4 is 0 Å². The van der Waals surface area contributed by atoms with Gasteiger partial charge in [0.15, 0.2) is 0 Å². The fourth-order valence-corrected chi connectivity index (χ4v) is 1.52. The Balaban J connectivity index is 2.52. The van der Waals surface area contributed by atoms with E-state index in [0.29, 0.717) is 0 Å². The smallest absolute Gasteiger partial charge is 0.331 e. The number of ether oxygens (including phenoxy) is 1. The molecular formula is C11H19NO3. The quantitative estimate of drug-likeness (QED) is 0.485. The molecule has 0 saturated carbocycles. The lowest BCUT2D eigenvalue weighted by atomic mass is 9.97. The number of carbonyl (C=O) groups is 2. The summed E-state index contributed by atoms with van der Waals surface area (Å²) in [6.07, 6.45) is 1.77. The molecule has 15 heavy (non-hydrogen) atoms. The molecule has 0 aromatic carbocycles. The number of likely N-dealkylation sites (tertiary alicyclic amines) is 1. The fraction of sp³-hybridized carbons (Fsp3) is 0.818. The molecule has 0 radical (unpaired) electrons. The topological polar surface area (TPSA) is 46.6 Å². The van der Waals surface area contributed by atoms with Gasteiger partial charge in [0.1, 0.15) is 6.04 Å². The van der Waals surface area contributed by atoms with Crippen LogP contribution in [0.25, 0.3) is 0 Å². The molecule has 1 heterocycles. The number of hydrogen-bond acceptors (Lipinski definition) is 4. The maximum Gasteiger partial charge on any atom is 0.331 e. The summed E-state index contributed by atoms with van der Waals surface area (Å²) in [5.41, 5.74) is -0.618. The second kappa shape index (κ2) is 4.31. The average Bonchev–Trinajstić information content (AvgIpc) is 2.49. The molecule has 4 heteroatoms. The summed E-state index contributed by atoms with van der Waals surface area (Å²) in [6, 6.07) is -0.240. The first kappa shape index (κ1) is 12.2. The van der Waals surface area contributed by atoms with Crippen molar-refractivity contribution < 1.29 is 14.3 Å². The molecule has 4 nitrogen and oxygen atoms in total. The van der Waals surface area contributed by atoms with E-state index in [9.17, 15) is 9.59 Å². The van der Waals surface area contributed by atoms with E-state index < -0.39 is 17.4 Å². The second-order valence-electron chi connectivity index (χ2n) is 5.10. The summed E-state index contributed by atoms with van der Waals surface area (Å²) in [5, 5.41) is 0. The zero-order chi connectivity index (χ0) is 11.6. The van der Waals surface area contributed by atoms with Gasteiger partial charge in [-0.2, -0.15) is 0 Å². The van der Waals surface area contributed by atoms with Crippen molar-refractivity contribution in [1.29, 1.82) is 0 Å². The molecule has 1 aliphatic rings. The molecule has 1 fully saturated rings. The second-order valence-corrected chi connectivity index (χ2v) is 5.10. The first-order valence-corrected chi connectivity index (χ1v) is 5.29. The molecule has 0 aromatic heterocycles. The normalized spacial score (nSPS) is 22.8. The maximum atomic E-state index is 11.6. The molecule has 1 rings (SSSR count). The average molecular weight is 213 g/mol.